The summed E-state index contributed by atoms with van der Waals surface area (Å²) in [5, 5.41) is 0. The summed E-state index contributed by atoms with van der Waals surface area (Å²) in [7, 11) is 0. The maximum Gasteiger partial charge on any atom is 0.251 e. The highest BCUT2D eigenvalue weighted by molar-refractivity contribution is 5.98. The van der Waals surface area contributed by atoms with Crippen molar-refractivity contribution in [3.63, 3.8) is 0 Å². The quantitative estimate of drug-likeness (QED) is 0.615. The Morgan fingerprint density at radius 1 is 0.741 bits per heavy atom. The van der Waals surface area contributed by atoms with Crippen LogP contribution in [0.1, 0.15) is 22.6 Å². The number of amides is 1. The number of rotatable bonds is 4. The van der Waals surface area contributed by atoms with E-state index >= 15 is 0 Å². The van der Waals surface area contributed by atoms with Crippen LogP contribution in [0.3, 0.4) is 0 Å². The highest BCUT2D eigenvalue weighted by Gasteiger charge is 2.22. The van der Waals surface area contributed by atoms with E-state index in [1.165, 1.54) is 5.56 Å². The highest BCUT2D eigenvalue weighted by Crippen LogP contribution is 2.35. The van der Waals surface area contributed by atoms with Crippen LogP contribution >= 0.6 is 0 Å². The predicted molar refractivity (Wildman–Crippen MR) is 110 cm³/mol. The van der Waals surface area contributed by atoms with Crippen LogP contribution in [0.4, 0.5) is 0 Å². The molecular formula is C25H21NO. The number of hydrogen-bond donors (Lipinski definition) is 0. The van der Waals surface area contributed by atoms with Crippen molar-refractivity contribution in [2.45, 2.75) is 12.5 Å². The van der Waals surface area contributed by atoms with E-state index in [4.69, 9.17) is 0 Å². The molecule has 0 fully saturated rings. The Kier molecular flexibility index (Phi) is 4.97. The minimum atomic E-state index is 0.00684. The van der Waals surface area contributed by atoms with Crippen LogP contribution in [-0.4, -0.2) is 10.8 Å². The average molecular weight is 351 g/mol. The Morgan fingerprint density at radius 2 is 1.33 bits per heavy atom. The van der Waals surface area contributed by atoms with Crippen molar-refractivity contribution in [1.29, 1.82) is 0 Å². The fourth-order valence-electron chi connectivity index (χ4n) is 3.43. The van der Waals surface area contributed by atoms with E-state index in [-0.39, 0.29) is 11.8 Å². The summed E-state index contributed by atoms with van der Waals surface area (Å²) in [6.07, 6.45) is 5.84. The molecule has 0 aliphatic carbocycles. The van der Waals surface area contributed by atoms with Gasteiger partial charge in [0.1, 0.15) is 0 Å². The third kappa shape index (κ3) is 3.90. The van der Waals surface area contributed by atoms with Crippen molar-refractivity contribution in [1.82, 2.24) is 4.90 Å². The normalized spacial score (nSPS) is 16.7. The summed E-state index contributed by atoms with van der Waals surface area (Å²) in [6, 6.07) is 30.6. The van der Waals surface area contributed by atoms with Crippen LogP contribution in [0.15, 0.2) is 109 Å². The highest BCUT2D eigenvalue weighted by atomic mass is 16.2. The monoisotopic (exact) mass is 351 g/mol. The van der Waals surface area contributed by atoms with Gasteiger partial charge in [-0.25, -0.2) is 0 Å². The molecule has 0 saturated carbocycles. The lowest BCUT2D eigenvalue weighted by molar-refractivity contribution is -0.123. The van der Waals surface area contributed by atoms with Crippen LogP contribution in [-0.2, 0) is 11.3 Å². The number of carbonyl (C=O) groups excluding carboxylic acids is 1. The lowest BCUT2D eigenvalue weighted by atomic mass is 9.86. The first-order valence-electron chi connectivity index (χ1n) is 9.16. The van der Waals surface area contributed by atoms with E-state index in [1.54, 1.807) is 11.0 Å². The van der Waals surface area contributed by atoms with Crippen molar-refractivity contribution >= 4 is 11.5 Å². The molecule has 0 aromatic heterocycles. The zero-order chi connectivity index (χ0) is 18.5. The lowest BCUT2D eigenvalue weighted by Crippen LogP contribution is -2.22. The molecule has 1 aliphatic heterocycles. The van der Waals surface area contributed by atoms with Gasteiger partial charge < -0.3 is 4.90 Å². The first-order chi connectivity index (χ1) is 13.3. The predicted octanol–water partition coefficient (Wildman–Crippen LogP) is 5.41. The number of hydrogen-bond acceptors (Lipinski definition) is 1. The lowest BCUT2D eigenvalue weighted by Gasteiger charge is -2.16. The van der Waals surface area contributed by atoms with Crippen molar-refractivity contribution in [2.24, 2.45) is 0 Å². The Balaban J connectivity index is 1.74. The van der Waals surface area contributed by atoms with Gasteiger partial charge in [0.2, 0.25) is 0 Å². The average Bonchev–Trinajstić information content (AvgIpc) is 2.89. The second-order valence-electron chi connectivity index (χ2n) is 6.65. The van der Waals surface area contributed by atoms with Crippen LogP contribution in [0.25, 0.3) is 5.57 Å². The summed E-state index contributed by atoms with van der Waals surface area (Å²) in [4.78, 5) is 14.8. The van der Waals surface area contributed by atoms with Crippen molar-refractivity contribution in [3.05, 3.63) is 126 Å². The van der Waals surface area contributed by atoms with Gasteiger partial charge in [0.25, 0.3) is 5.91 Å². The van der Waals surface area contributed by atoms with Crippen molar-refractivity contribution in [2.75, 3.05) is 0 Å². The van der Waals surface area contributed by atoms with E-state index in [2.05, 4.69) is 30.3 Å². The van der Waals surface area contributed by atoms with Gasteiger partial charge in [-0.05, 0) is 22.3 Å². The Hall–Kier alpha value is -3.39. The van der Waals surface area contributed by atoms with Gasteiger partial charge in [-0.1, -0.05) is 97.1 Å². The zero-order valence-corrected chi connectivity index (χ0v) is 15.0. The molecule has 4 rings (SSSR count). The Labute approximate surface area is 160 Å². The summed E-state index contributed by atoms with van der Waals surface area (Å²) in [5.74, 6) is 0.0470. The molecule has 0 spiro atoms. The van der Waals surface area contributed by atoms with Gasteiger partial charge in [0.15, 0.2) is 0 Å². The topological polar surface area (TPSA) is 20.3 Å². The third-order valence-corrected chi connectivity index (χ3v) is 4.82. The van der Waals surface area contributed by atoms with Gasteiger partial charge in [0.05, 0.1) is 6.54 Å². The third-order valence-electron chi connectivity index (χ3n) is 4.82. The maximum absolute atomic E-state index is 13.0. The molecular weight excluding hydrogens is 330 g/mol. The smallest absolute Gasteiger partial charge is 0.251 e. The first-order valence-corrected chi connectivity index (χ1v) is 9.16. The van der Waals surface area contributed by atoms with E-state index in [9.17, 15) is 4.79 Å². The molecule has 3 aromatic carbocycles. The standard InChI is InChI=1S/C25H21NO/c27-25-18-24(22-14-8-3-9-15-22)23(21-12-6-2-7-13-21)16-17-26(25)19-20-10-4-1-5-11-20/h1-18,23H,19H2. The van der Waals surface area contributed by atoms with E-state index in [1.807, 2.05) is 72.9 Å². The van der Waals surface area contributed by atoms with Crippen molar-refractivity contribution < 1.29 is 4.79 Å². The maximum atomic E-state index is 13.0. The molecule has 27 heavy (non-hydrogen) atoms. The van der Waals surface area contributed by atoms with E-state index in [0.717, 1.165) is 16.7 Å². The SMILES string of the molecule is O=C1C=C(c2ccccc2)C(c2ccccc2)C=CN1Cc1ccccc1. The molecule has 0 radical (unpaired) electrons. The largest absolute Gasteiger partial charge is 0.311 e. The van der Waals surface area contributed by atoms with Gasteiger partial charge in [-0.3, -0.25) is 4.79 Å². The number of carbonyl (C=O) groups is 1. The van der Waals surface area contributed by atoms with Gasteiger partial charge >= 0.3 is 0 Å². The minimum absolute atomic E-state index is 0.00684. The van der Waals surface area contributed by atoms with Crippen LogP contribution < -0.4 is 0 Å². The zero-order valence-electron chi connectivity index (χ0n) is 15.0. The molecule has 2 nitrogen and oxygen atoms in total. The molecule has 1 heterocycles. The second-order valence-corrected chi connectivity index (χ2v) is 6.65. The summed E-state index contributed by atoms with van der Waals surface area (Å²) < 4.78 is 0. The Morgan fingerprint density at radius 3 is 2.00 bits per heavy atom. The molecule has 1 aliphatic rings. The van der Waals surface area contributed by atoms with E-state index < -0.39 is 0 Å². The minimum Gasteiger partial charge on any atom is -0.311 e. The van der Waals surface area contributed by atoms with Crippen LogP contribution in [0.5, 0.6) is 0 Å². The molecule has 0 bridgehead atoms. The summed E-state index contributed by atoms with van der Waals surface area (Å²) in [6.45, 7) is 0.566. The molecule has 1 atom stereocenters. The molecule has 1 unspecified atom stereocenters. The van der Waals surface area contributed by atoms with Gasteiger partial charge in [0, 0.05) is 18.2 Å². The molecule has 1 amide bonds. The van der Waals surface area contributed by atoms with E-state index in [0.29, 0.717) is 6.54 Å². The molecule has 3 aromatic rings. The van der Waals surface area contributed by atoms with Crippen molar-refractivity contribution in [3.8, 4) is 0 Å². The van der Waals surface area contributed by atoms with Gasteiger partial charge in [-0.15, -0.1) is 0 Å². The fraction of sp³-hybridized carbons (Fsp3) is 0.0800. The first kappa shape index (κ1) is 17.0. The second kappa shape index (κ2) is 7.88. The molecule has 132 valence electrons. The molecule has 0 saturated heterocycles. The van der Waals surface area contributed by atoms with Gasteiger partial charge in [-0.2, -0.15) is 0 Å². The summed E-state index contributed by atoms with van der Waals surface area (Å²) in [5.41, 5.74) is 4.39. The number of nitrogens with zero attached hydrogens (tertiary/aromatic N) is 1. The number of benzene rings is 3. The molecule has 2 heteroatoms. The van der Waals surface area contributed by atoms with Crippen LogP contribution in [0, 0.1) is 0 Å². The fourth-order valence-corrected chi connectivity index (χ4v) is 3.43. The van der Waals surface area contributed by atoms with Crippen LogP contribution in [0.2, 0.25) is 0 Å². The number of allylic oxidation sites excluding steroid dienone is 2. The molecule has 0 N–H and O–H groups in total. The summed E-state index contributed by atoms with van der Waals surface area (Å²) >= 11 is 0. The Bertz CT molecular complexity index is 959.